The fraction of sp³-hybridized carbons (Fsp3) is 0.231. The van der Waals surface area contributed by atoms with Gasteiger partial charge < -0.3 is 10.2 Å². The molecule has 17 heavy (non-hydrogen) atoms. The standard InChI is InChI=1S/C13H13NO3/c1-7-4-10(5-12(16)13(7)17)8(2)11(6-14)9(3)15/h4-5,16-17H,1-3H3/b11-8+. The van der Waals surface area contributed by atoms with Gasteiger partial charge in [-0.15, -0.1) is 0 Å². The van der Waals surface area contributed by atoms with Gasteiger partial charge in [-0.2, -0.15) is 5.26 Å². The van der Waals surface area contributed by atoms with Crippen LogP contribution < -0.4 is 0 Å². The zero-order valence-electron chi connectivity index (χ0n) is 9.90. The van der Waals surface area contributed by atoms with E-state index in [1.807, 2.05) is 6.07 Å². The Morgan fingerprint density at radius 1 is 1.29 bits per heavy atom. The molecular formula is C13H13NO3. The van der Waals surface area contributed by atoms with Crippen molar-refractivity contribution in [2.24, 2.45) is 0 Å². The molecular weight excluding hydrogens is 218 g/mol. The molecule has 2 N–H and O–H groups in total. The first-order valence-electron chi connectivity index (χ1n) is 5.03. The van der Waals surface area contributed by atoms with Crippen molar-refractivity contribution in [3.05, 3.63) is 28.8 Å². The molecule has 4 heteroatoms. The molecule has 0 radical (unpaired) electrons. The van der Waals surface area contributed by atoms with Crippen molar-refractivity contribution in [1.29, 1.82) is 5.26 Å². The number of phenols is 2. The van der Waals surface area contributed by atoms with E-state index in [9.17, 15) is 15.0 Å². The molecule has 88 valence electrons. The number of ketones is 1. The largest absolute Gasteiger partial charge is 0.504 e. The van der Waals surface area contributed by atoms with Crippen molar-refractivity contribution in [3.8, 4) is 17.6 Å². The molecule has 1 aromatic carbocycles. The summed E-state index contributed by atoms with van der Waals surface area (Å²) in [7, 11) is 0. The van der Waals surface area contributed by atoms with Gasteiger partial charge in [-0.05, 0) is 49.6 Å². The zero-order chi connectivity index (χ0) is 13.2. The summed E-state index contributed by atoms with van der Waals surface area (Å²) < 4.78 is 0. The van der Waals surface area contributed by atoms with Crippen LogP contribution in [0.15, 0.2) is 17.7 Å². The predicted octanol–water partition coefficient (Wildman–Crippen LogP) is 2.29. The van der Waals surface area contributed by atoms with Gasteiger partial charge in [-0.1, -0.05) is 0 Å². The Kier molecular flexibility index (Phi) is 3.54. The second kappa shape index (κ2) is 4.71. The van der Waals surface area contributed by atoms with Crippen LogP contribution in [0.2, 0.25) is 0 Å². The van der Waals surface area contributed by atoms with Gasteiger partial charge in [0.05, 0.1) is 5.57 Å². The number of nitriles is 1. The van der Waals surface area contributed by atoms with Gasteiger partial charge in [0.1, 0.15) is 6.07 Å². The van der Waals surface area contributed by atoms with Gasteiger partial charge in [-0.3, -0.25) is 4.79 Å². The van der Waals surface area contributed by atoms with E-state index in [1.54, 1.807) is 19.9 Å². The normalized spacial score (nSPS) is 11.6. The summed E-state index contributed by atoms with van der Waals surface area (Å²) in [6.45, 7) is 4.58. The van der Waals surface area contributed by atoms with Crippen LogP contribution in [0.5, 0.6) is 11.5 Å². The summed E-state index contributed by atoms with van der Waals surface area (Å²) in [4.78, 5) is 11.2. The summed E-state index contributed by atoms with van der Waals surface area (Å²) in [6.07, 6.45) is 0. The lowest BCUT2D eigenvalue weighted by atomic mass is 9.98. The smallest absolute Gasteiger partial charge is 0.170 e. The van der Waals surface area contributed by atoms with E-state index in [0.29, 0.717) is 16.7 Å². The third-order valence-electron chi connectivity index (χ3n) is 2.55. The average Bonchev–Trinajstić information content (AvgIpc) is 2.25. The minimum absolute atomic E-state index is 0.0505. The Hall–Kier alpha value is -2.28. The number of nitrogens with zero attached hydrogens (tertiary/aromatic N) is 1. The van der Waals surface area contributed by atoms with Crippen LogP contribution in [-0.4, -0.2) is 16.0 Å². The number of carbonyl (C=O) groups excluding carboxylic acids is 1. The van der Waals surface area contributed by atoms with Crippen LogP contribution in [-0.2, 0) is 4.79 Å². The third kappa shape index (κ3) is 2.45. The van der Waals surface area contributed by atoms with Crippen LogP contribution in [0.25, 0.3) is 5.57 Å². The molecule has 0 aliphatic carbocycles. The molecule has 0 heterocycles. The topological polar surface area (TPSA) is 81.3 Å². The van der Waals surface area contributed by atoms with Crippen LogP contribution in [0.1, 0.15) is 25.0 Å². The monoisotopic (exact) mass is 231 g/mol. The van der Waals surface area contributed by atoms with E-state index < -0.39 is 0 Å². The second-order valence-electron chi connectivity index (χ2n) is 3.83. The molecule has 1 aromatic rings. The maximum atomic E-state index is 11.2. The van der Waals surface area contributed by atoms with Gasteiger partial charge in [0.2, 0.25) is 0 Å². The molecule has 0 saturated heterocycles. The van der Waals surface area contributed by atoms with Crippen molar-refractivity contribution in [2.45, 2.75) is 20.8 Å². The molecule has 0 spiro atoms. The van der Waals surface area contributed by atoms with Crippen LogP contribution >= 0.6 is 0 Å². The van der Waals surface area contributed by atoms with E-state index in [2.05, 4.69) is 0 Å². The van der Waals surface area contributed by atoms with Gasteiger partial charge >= 0.3 is 0 Å². The molecule has 0 unspecified atom stereocenters. The zero-order valence-corrected chi connectivity index (χ0v) is 9.90. The van der Waals surface area contributed by atoms with Crippen molar-refractivity contribution in [2.75, 3.05) is 0 Å². The quantitative estimate of drug-likeness (QED) is 0.465. The highest BCUT2D eigenvalue weighted by atomic mass is 16.3. The Morgan fingerprint density at radius 3 is 2.29 bits per heavy atom. The van der Waals surface area contributed by atoms with Crippen LogP contribution in [0.4, 0.5) is 0 Å². The van der Waals surface area contributed by atoms with Crippen LogP contribution in [0.3, 0.4) is 0 Å². The molecule has 0 saturated carbocycles. The molecule has 0 aliphatic rings. The number of aromatic hydroxyl groups is 2. The Balaban J connectivity index is 3.46. The fourth-order valence-corrected chi connectivity index (χ4v) is 1.55. The first kappa shape index (κ1) is 12.8. The molecule has 0 fully saturated rings. The number of carbonyl (C=O) groups is 1. The predicted molar refractivity (Wildman–Crippen MR) is 63.4 cm³/mol. The van der Waals surface area contributed by atoms with Crippen LogP contribution in [0, 0.1) is 18.3 Å². The van der Waals surface area contributed by atoms with E-state index >= 15 is 0 Å². The highest BCUT2D eigenvalue weighted by Gasteiger charge is 2.12. The summed E-state index contributed by atoms with van der Waals surface area (Å²) >= 11 is 0. The number of rotatable bonds is 2. The van der Waals surface area contributed by atoms with Crippen molar-refractivity contribution < 1.29 is 15.0 Å². The van der Waals surface area contributed by atoms with Gasteiger partial charge in [0, 0.05) is 0 Å². The van der Waals surface area contributed by atoms with Crippen molar-refractivity contribution in [3.63, 3.8) is 0 Å². The summed E-state index contributed by atoms with van der Waals surface area (Å²) in [5.74, 6) is -0.779. The summed E-state index contributed by atoms with van der Waals surface area (Å²) in [5.41, 5.74) is 1.57. The lowest BCUT2D eigenvalue weighted by Gasteiger charge is -2.08. The Labute approximate surface area is 99.4 Å². The third-order valence-corrected chi connectivity index (χ3v) is 2.55. The number of phenolic OH excluding ortho intramolecular Hbond substituents is 2. The van der Waals surface area contributed by atoms with Crippen molar-refractivity contribution >= 4 is 11.4 Å². The van der Waals surface area contributed by atoms with E-state index in [4.69, 9.17) is 5.26 Å². The SMILES string of the molecule is CC(=O)/C(C#N)=C(\C)c1cc(C)c(O)c(O)c1. The van der Waals surface area contributed by atoms with E-state index in [-0.39, 0.29) is 22.9 Å². The minimum Gasteiger partial charge on any atom is -0.504 e. The average molecular weight is 231 g/mol. The number of benzene rings is 1. The Bertz CT molecular complexity index is 527. The van der Waals surface area contributed by atoms with E-state index in [0.717, 1.165) is 0 Å². The second-order valence-corrected chi connectivity index (χ2v) is 3.83. The molecule has 0 aliphatic heterocycles. The first-order chi connectivity index (χ1) is 7.88. The lowest BCUT2D eigenvalue weighted by Crippen LogP contribution is -1.97. The number of allylic oxidation sites excluding steroid dienone is 2. The number of hydrogen-bond acceptors (Lipinski definition) is 4. The summed E-state index contributed by atoms with van der Waals surface area (Å²) in [5, 5.41) is 27.8. The maximum Gasteiger partial charge on any atom is 0.170 e. The maximum absolute atomic E-state index is 11.2. The van der Waals surface area contributed by atoms with Gasteiger partial charge in [0.15, 0.2) is 17.3 Å². The molecule has 0 bridgehead atoms. The molecule has 0 aromatic heterocycles. The minimum atomic E-state index is -0.324. The number of aryl methyl sites for hydroxylation is 1. The molecule has 0 atom stereocenters. The molecule has 0 amide bonds. The summed E-state index contributed by atoms with van der Waals surface area (Å²) in [6, 6.07) is 4.79. The van der Waals surface area contributed by atoms with Gasteiger partial charge in [0.25, 0.3) is 0 Å². The highest BCUT2D eigenvalue weighted by Crippen LogP contribution is 2.33. The number of Topliss-reactive ketones (excluding diaryl/α,β-unsaturated/α-hetero) is 1. The Morgan fingerprint density at radius 2 is 1.88 bits per heavy atom. The molecule has 1 rings (SSSR count). The van der Waals surface area contributed by atoms with E-state index in [1.165, 1.54) is 13.0 Å². The first-order valence-corrected chi connectivity index (χ1v) is 5.03. The highest BCUT2D eigenvalue weighted by molar-refractivity contribution is 6.04. The lowest BCUT2D eigenvalue weighted by molar-refractivity contribution is -0.113. The van der Waals surface area contributed by atoms with Gasteiger partial charge in [-0.25, -0.2) is 0 Å². The fourth-order valence-electron chi connectivity index (χ4n) is 1.55. The van der Waals surface area contributed by atoms with Crippen molar-refractivity contribution in [1.82, 2.24) is 0 Å². The molecule has 4 nitrogen and oxygen atoms in total. The number of hydrogen-bond donors (Lipinski definition) is 2.